The lowest BCUT2D eigenvalue weighted by Crippen LogP contribution is -2.38. The van der Waals surface area contributed by atoms with E-state index in [2.05, 4.69) is 30.7 Å². The van der Waals surface area contributed by atoms with Crippen molar-refractivity contribution >= 4 is 67.7 Å². The molecule has 1 amide bonds. The minimum absolute atomic E-state index is 0.00556. The van der Waals surface area contributed by atoms with Gasteiger partial charge >= 0.3 is 0 Å². The van der Waals surface area contributed by atoms with Crippen LogP contribution in [0.1, 0.15) is 27.8 Å². The van der Waals surface area contributed by atoms with Gasteiger partial charge in [-0.15, -0.1) is 10.2 Å². The highest BCUT2D eigenvalue weighted by Crippen LogP contribution is 2.39. The van der Waals surface area contributed by atoms with Gasteiger partial charge in [0.1, 0.15) is 0 Å². The second kappa shape index (κ2) is 12.1. The first-order valence-corrected chi connectivity index (χ1v) is 15.9. The van der Waals surface area contributed by atoms with Crippen LogP contribution in [0.2, 0.25) is 10.0 Å². The lowest BCUT2D eigenvalue weighted by Gasteiger charge is -2.26. The summed E-state index contributed by atoms with van der Waals surface area (Å²) >= 11 is 14.6. The number of amides is 1. The normalized spacial score (nSPS) is 18.8. The molecule has 202 valence electrons. The second-order valence-corrected chi connectivity index (χ2v) is 13.8. The predicted octanol–water partition coefficient (Wildman–Crippen LogP) is 3.78. The Hall–Kier alpha value is -1.84. The Morgan fingerprint density at radius 2 is 1.95 bits per heavy atom. The fourth-order valence-corrected chi connectivity index (χ4v) is 8.32. The number of halogens is 2. The number of fused-ring (bicyclic) bond motifs is 1. The Morgan fingerprint density at radius 3 is 2.71 bits per heavy atom. The summed E-state index contributed by atoms with van der Waals surface area (Å²) in [6.07, 6.45) is 3.86. The van der Waals surface area contributed by atoms with Crippen LogP contribution in [-0.2, 0) is 14.6 Å². The van der Waals surface area contributed by atoms with Crippen molar-refractivity contribution in [1.29, 1.82) is 0 Å². The number of hydrogen-bond donors (Lipinski definition) is 2. The van der Waals surface area contributed by atoms with Crippen molar-refractivity contribution in [1.82, 2.24) is 25.4 Å². The summed E-state index contributed by atoms with van der Waals surface area (Å²) in [5, 5.41) is 15.0. The van der Waals surface area contributed by atoms with Crippen molar-refractivity contribution in [2.45, 2.75) is 26.6 Å². The summed E-state index contributed by atoms with van der Waals surface area (Å²) in [4.78, 5) is 19.9. The molecule has 1 aromatic carbocycles. The summed E-state index contributed by atoms with van der Waals surface area (Å²) in [6, 6.07) is 4.68. The Kier molecular flexibility index (Phi) is 8.85. The molecule has 15 heteroatoms. The molecular weight excluding hydrogens is 591 g/mol. The van der Waals surface area contributed by atoms with E-state index in [4.69, 9.17) is 27.9 Å². The number of benzene rings is 1. The fourth-order valence-electron chi connectivity index (χ4n) is 4.25. The Bertz CT molecular complexity index is 1410. The summed E-state index contributed by atoms with van der Waals surface area (Å²) in [7, 11) is -3.47. The zero-order valence-electron chi connectivity index (χ0n) is 20.0. The van der Waals surface area contributed by atoms with E-state index in [0.717, 1.165) is 56.2 Å². The van der Waals surface area contributed by atoms with Gasteiger partial charge in [-0.2, -0.15) is 0 Å². The molecule has 2 aliphatic rings. The first-order valence-electron chi connectivity index (χ1n) is 11.8. The van der Waals surface area contributed by atoms with Gasteiger partial charge in [-0.25, -0.2) is 8.42 Å². The number of aromatic nitrogens is 3. The number of nitrogens with one attached hydrogen (secondary N) is 2. The molecule has 1 unspecified atom stereocenters. The van der Waals surface area contributed by atoms with Crippen LogP contribution < -0.4 is 10.6 Å². The Morgan fingerprint density at radius 1 is 1.18 bits per heavy atom. The van der Waals surface area contributed by atoms with Crippen molar-refractivity contribution in [3.8, 4) is 0 Å². The number of pyridine rings is 1. The third-order valence-electron chi connectivity index (χ3n) is 6.11. The molecule has 38 heavy (non-hydrogen) atoms. The van der Waals surface area contributed by atoms with E-state index in [-0.39, 0.29) is 21.7 Å². The van der Waals surface area contributed by atoms with E-state index in [1.807, 2.05) is 0 Å². The number of carbonyl (C=O) groups is 1. The highest BCUT2D eigenvalue weighted by molar-refractivity contribution is 8.01. The van der Waals surface area contributed by atoms with E-state index in [9.17, 15) is 13.2 Å². The molecule has 3 aromatic rings. The van der Waals surface area contributed by atoms with Crippen LogP contribution in [0.5, 0.6) is 0 Å². The maximum absolute atomic E-state index is 12.9. The van der Waals surface area contributed by atoms with Crippen molar-refractivity contribution in [3.05, 3.63) is 51.2 Å². The van der Waals surface area contributed by atoms with Crippen LogP contribution in [0.3, 0.4) is 0 Å². The molecule has 0 radical (unpaired) electrons. The standard InChI is InChI=1S/C23H24Cl2N6O4S3/c24-16-11-26-12-17(25)20(16)36-23-30-29-22(37-23)21(32)28-14-2-3-15-18(13-38(33,34)19(15)10-14)27-4-1-5-31-6-8-35-9-7-31/h2-3,10-12,18,27H,1,4-9,13H2,(H,28,32). The lowest BCUT2D eigenvalue weighted by atomic mass is 10.1. The van der Waals surface area contributed by atoms with Gasteiger partial charge in [-0.1, -0.05) is 52.4 Å². The molecule has 0 spiro atoms. The van der Waals surface area contributed by atoms with Gasteiger partial charge in [0.05, 0.1) is 38.8 Å². The number of rotatable bonds is 9. The summed E-state index contributed by atoms with van der Waals surface area (Å²) in [5.74, 6) is -0.497. The SMILES string of the molecule is O=C(Nc1ccc2c(c1)S(=O)(=O)CC2NCCCN1CCOCC1)c1nnc(Sc2c(Cl)cncc2Cl)s1. The molecule has 5 rings (SSSR count). The van der Waals surface area contributed by atoms with Crippen molar-refractivity contribution < 1.29 is 17.9 Å². The number of anilines is 1. The highest BCUT2D eigenvalue weighted by atomic mass is 35.5. The Labute approximate surface area is 238 Å². The van der Waals surface area contributed by atoms with Gasteiger partial charge < -0.3 is 15.4 Å². The Balaban J connectivity index is 1.20. The van der Waals surface area contributed by atoms with Crippen LogP contribution in [-0.4, -0.2) is 79.6 Å². The number of sulfone groups is 1. The average molecular weight is 616 g/mol. The monoisotopic (exact) mass is 614 g/mol. The summed E-state index contributed by atoms with van der Waals surface area (Å²) in [5.41, 5.74) is 1.09. The van der Waals surface area contributed by atoms with Crippen LogP contribution in [0.15, 0.2) is 44.7 Å². The first-order chi connectivity index (χ1) is 18.3. The molecule has 1 saturated heterocycles. The van der Waals surface area contributed by atoms with Gasteiger partial charge in [0, 0.05) is 37.2 Å². The minimum atomic E-state index is -3.47. The van der Waals surface area contributed by atoms with E-state index in [1.165, 1.54) is 30.2 Å². The molecule has 1 fully saturated rings. The number of carbonyl (C=O) groups excluding carboxylic acids is 1. The molecule has 0 saturated carbocycles. The zero-order chi connectivity index (χ0) is 26.7. The zero-order valence-corrected chi connectivity index (χ0v) is 24.0. The van der Waals surface area contributed by atoms with Gasteiger partial charge in [0.25, 0.3) is 5.91 Å². The predicted molar refractivity (Wildman–Crippen MR) is 147 cm³/mol. The summed E-state index contributed by atoms with van der Waals surface area (Å²) in [6.45, 7) is 5.04. The molecule has 1 atom stereocenters. The molecule has 0 aliphatic carbocycles. The topological polar surface area (TPSA) is 126 Å². The van der Waals surface area contributed by atoms with E-state index < -0.39 is 15.7 Å². The molecule has 0 bridgehead atoms. The third-order valence-corrected chi connectivity index (χ3v) is 10.8. The average Bonchev–Trinajstić information content (AvgIpc) is 3.47. The third kappa shape index (κ3) is 6.48. The van der Waals surface area contributed by atoms with Crippen LogP contribution in [0, 0.1) is 0 Å². The quantitative estimate of drug-likeness (QED) is 0.344. The minimum Gasteiger partial charge on any atom is -0.379 e. The molecule has 2 aliphatic heterocycles. The number of morpholine rings is 1. The molecule has 2 N–H and O–H groups in total. The molecular formula is C23H24Cl2N6O4S3. The maximum atomic E-state index is 12.9. The van der Waals surface area contributed by atoms with Crippen molar-refractivity contribution in [2.24, 2.45) is 0 Å². The molecule has 2 aromatic heterocycles. The van der Waals surface area contributed by atoms with E-state index in [1.54, 1.807) is 12.1 Å². The second-order valence-electron chi connectivity index (χ2n) is 8.71. The fraction of sp³-hybridized carbons (Fsp3) is 0.391. The highest BCUT2D eigenvalue weighted by Gasteiger charge is 2.34. The van der Waals surface area contributed by atoms with Gasteiger partial charge in [0.2, 0.25) is 5.01 Å². The molecule has 4 heterocycles. The lowest BCUT2D eigenvalue weighted by molar-refractivity contribution is 0.0374. The van der Waals surface area contributed by atoms with Crippen molar-refractivity contribution in [3.63, 3.8) is 0 Å². The van der Waals surface area contributed by atoms with E-state index in [0.29, 0.717) is 31.5 Å². The number of hydrogen-bond acceptors (Lipinski definition) is 11. The van der Waals surface area contributed by atoms with E-state index >= 15 is 0 Å². The smallest absolute Gasteiger partial charge is 0.286 e. The molecule has 10 nitrogen and oxygen atoms in total. The van der Waals surface area contributed by atoms with Gasteiger partial charge in [0.15, 0.2) is 14.2 Å². The first kappa shape index (κ1) is 27.7. The van der Waals surface area contributed by atoms with Gasteiger partial charge in [-0.3, -0.25) is 14.7 Å². The number of ether oxygens (including phenoxy) is 1. The number of nitrogens with zero attached hydrogens (tertiary/aromatic N) is 4. The van der Waals surface area contributed by atoms with Crippen molar-refractivity contribution in [2.75, 3.05) is 50.5 Å². The maximum Gasteiger partial charge on any atom is 0.286 e. The van der Waals surface area contributed by atoms with Crippen LogP contribution in [0.25, 0.3) is 0 Å². The van der Waals surface area contributed by atoms with Crippen LogP contribution >= 0.6 is 46.3 Å². The summed E-state index contributed by atoms with van der Waals surface area (Å²) < 4.78 is 31.6. The largest absolute Gasteiger partial charge is 0.379 e. The van der Waals surface area contributed by atoms with Crippen LogP contribution in [0.4, 0.5) is 5.69 Å². The van der Waals surface area contributed by atoms with Gasteiger partial charge in [-0.05, 0) is 37.2 Å².